The number of ether oxygens (including phenoxy) is 2. The molecule has 1 aliphatic rings. The number of nitrogens with one attached hydrogen (secondary N) is 5. The Morgan fingerprint density at radius 1 is 0.755 bits per heavy atom. The van der Waals surface area contributed by atoms with E-state index in [0.29, 0.717) is 5.56 Å². The molecule has 0 spiro atoms. The van der Waals surface area contributed by atoms with Gasteiger partial charge in [0, 0.05) is 21.2 Å². The zero-order chi connectivity index (χ0) is 44.1. The van der Waals surface area contributed by atoms with Crippen LogP contribution in [0.3, 0.4) is 0 Å². The van der Waals surface area contributed by atoms with E-state index in [9.17, 15) is 24.0 Å². The lowest BCUT2D eigenvalue weighted by atomic mass is 10.0. The normalized spacial score (nSPS) is 21.6. The van der Waals surface area contributed by atoms with Crippen molar-refractivity contribution < 1.29 is 43.0 Å². The Labute approximate surface area is 322 Å². The molecule has 12 nitrogen and oxygen atoms in total. The number of esters is 1. The maximum Gasteiger partial charge on any atom is 0.407 e. The second-order valence-electron chi connectivity index (χ2n) is 12.9. The molecule has 53 heavy (non-hydrogen) atoms. The van der Waals surface area contributed by atoms with E-state index in [-0.39, 0.29) is 57.8 Å². The van der Waals surface area contributed by atoms with Crippen LogP contribution in [0.2, 0.25) is 0 Å². The van der Waals surface area contributed by atoms with Crippen molar-refractivity contribution in [1.29, 1.82) is 0 Å². The number of rotatable bonds is 20. The quantitative estimate of drug-likeness (QED) is 0.0845. The molecular weight excluding hydrogens is 674 g/mol. The maximum absolute atomic E-state index is 14.2. The fraction of sp³-hybridized carbons (Fsp3) is 0.439. The largest absolute Gasteiger partial charge is 0.459 e. The molecule has 0 bridgehead atoms. The number of carbonyl (C=O) groups excluding carboxylic acids is 5. The number of benzene rings is 3. The van der Waals surface area contributed by atoms with E-state index in [1.165, 1.54) is 0 Å². The topological polar surface area (TPSA) is 164 Å². The Bertz CT molecular complexity index is 1910. The minimum atomic E-state index is -3.42. The van der Waals surface area contributed by atoms with Crippen molar-refractivity contribution in [3.05, 3.63) is 108 Å². The third kappa shape index (κ3) is 14.7. The number of unbranched alkanes of at least 4 members (excludes halogenated alkanes) is 1. The van der Waals surface area contributed by atoms with E-state index in [2.05, 4.69) is 21.3 Å². The van der Waals surface area contributed by atoms with E-state index in [4.69, 9.17) is 19.1 Å². The van der Waals surface area contributed by atoms with Crippen LogP contribution in [0, 0.1) is 5.92 Å². The Hall–Kier alpha value is -5.23. The summed E-state index contributed by atoms with van der Waals surface area (Å²) in [6, 6.07) is 19.5. The SMILES string of the molecule is [3H]C1([3H])N[C@@]([3H])(C(=O)N[C@@H](CCCCNC(=O)OCc2ccccc2)C(=O)N[C@@H](Cc2ccccc2)C(=O)N[C@@H](CC(C)C)C(=O)OCc2ccccc2)C([3H])([3H])C1([3H])[3H]. The van der Waals surface area contributed by atoms with Crippen LogP contribution in [0.4, 0.5) is 4.79 Å². The molecule has 1 fully saturated rings. The lowest BCUT2D eigenvalue weighted by molar-refractivity contribution is -0.150. The van der Waals surface area contributed by atoms with Crippen LogP contribution in [0.25, 0.3) is 0 Å². The fourth-order valence-corrected chi connectivity index (χ4v) is 5.39. The molecule has 0 aliphatic carbocycles. The first-order chi connectivity index (χ1) is 28.3. The number of alkyl carbamates (subject to hydrolysis) is 1. The molecule has 1 heterocycles. The van der Waals surface area contributed by atoms with Gasteiger partial charge in [0.1, 0.15) is 31.3 Å². The minimum Gasteiger partial charge on any atom is -0.459 e. The van der Waals surface area contributed by atoms with Crippen molar-refractivity contribution in [3.63, 3.8) is 0 Å². The van der Waals surface area contributed by atoms with Gasteiger partial charge >= 0.3 is 12.1 Å². The summed E-state index contributed by atoms with van der Waals surface area (Å²) in [5.41, 5.74) is 2.15. The maximum atomic E-state index is 14.2. The summed E-state index contributed by atoms with van der Waals surface area (Å²) < 4.78 is 68.2. The van der Waals surface area contributed by atoms with E-state index in [0.717, 1.165) is 11.1 Å². The van der Waals surface area contributed by atoms with Gasteiger partial charge in [-0.25, -0.2) is 9.59 Å². The number of hydrogen-bond donors (Lipinski definition) is 5. The molecule has 5 N–H and O–H groups in total. The smallest absolute Gasteiger partial charge is 0.407 e. The van der Waals surface area contributed by atoms with Gasteiger partial charge in [0.05, 0.1) is 7.39 Å². The molecule has 0 saturated carbocycles. The lowest BCUT2D eigenvalue weighted by Gasteiger charge is -2.26. The summed E-state index contributed by atoms with van der Waals surface area (Å²) in [5, 5.41) is 12.1. The zero-order valence-corrected chi connectivity index (χ0v) is 30.0. The summed E-state index contributed by atoms with van der Waals surface area (Å²) in [6.07, 6.45) is -7.06. The van der Waals surface area contributed by atoms with Gasteiger partial charge in [-0.15, -0.1) is 0 Å². The van der Waals surface area contributed by atoms with Gasteiger partial charge in [0.15, 0.2) is 0 Å². The third-order valence-corrected chi connectivity index (χ3v) is 8.14. The van der Waals surface area contributed by atoms with Crippen molar-refractivity contribution in [3.8, 4) is 0 Å². The van der Waals surface area contributed by atoms with Crippen LogP contribution in [0.1, 0.15) is 78.6 Å². The Morgan fingerprint density at radius 3 is 1.91 bits per heavy atom. The molecular formula is C41H53N5O7. The molecule has 3 aromatic rings. The highest BCUT2D eigenvalue weighted by molar-refractivity contribution is 5.94. The van der Waals surface area contributed by atoms with Crippen LogP contribution < -0.4 is 26.6 Å². The van der Waals surface area contributed by atoms with Crippen LogP contribution in [-0.4, -0.2) is 67.0 Å². The van der Waals surface area contributed by atoms with E-state index in [1.54, 1.807) is 78.9 Å². The van der Waals surface area contributed by atoms with Gasteiger partial charge in [-0.2, -0.15) is 0 Å². The first kappa shape index (κ1) is 31.3. The molecule has 0 unspecified atom stereocenters. The summed E-state index contributed by atoms with van der Waals surface area (Å²) >= 11 is 0. The second kappa shape index (κ2) is 22.0. The molecule has 284 valence electrons. The molecule has 4 amide bonds. The van der Waals surface area contributed by atoms with Gasteiger partial charge in [0.25, 0.3) is 0 Å². The first-order valence-corrected chi connectivity index (χ1v) is 17.7. The second-order valence-corrected chi connectivity index (χ2v) is 12.9. The zero-order valence-electron chi connectivity index (χ0n) is 37.0. The standard InChI is InChI=1S/C41H53N5O7/c1-29(2)25-36(40(50)52-27-31-17-8-4-9-18-31)46-39(49)35(26-30-15-6-3-7-16-30)45-38(48)34(44-37(47)33-22-14-24-42-33)21-12-13-23-43-41(51)53-28-32-19-10-5-11-20-32/h3-11,15-20,29,33-36,42H,12-14,21-28H2,1-2H3,(H,43,51)(H,44,47)(H,45,48)(H,46,49)/t33-,34+,35+,36+/m1/s1/i14T2,22T2,24T2,33T. The van der Waals surface area contributed by atoms with Crippen LogP contribution in [-0.2, 0) is 48.3 Å². The van der Waals surface area contributed by atoms with E-state index < -0.39 is 73.2 Å². The van der Waals surface area contributed by atoms with Gasteiger partial charge < -0.3 is 36.1 Å². The Kier molecular flexibility index (Phi) is 13.0. The van der Waals surface area contributed by atoms with Crippen molar-refractivity contribution in [2.45, 2.75) is 96.1 Å². The average Bonchev–Trinajstić information content (AvgIpc) is 3.31. The van der Waals surface area contributed by atoms with E-state index in [1.807, 2.05) is 31.3 Å². The number of carbonyl (C=O) groups is 5. The van der Waals surface area contributed by atoms with Crippen LogP contribution in [0.5, 0.6) is 0 Å². The molecule has 1 saturated heterocycles. The average molecular weight is 742 g/mol. The lowest BCUT2D eigenvalue weighted by Crippen LogP contribution is -2.57. The Balaban J connectivity index is 1.52. The first-order valence-electron chi connectivity index (χ1n) is 21.2. The van der Waals surface area contributed by atoms with Crippen molar-refractivity contribution in [2.24, 2.45) is 5.92 Å². The van der Waals surface area contributed by atoms with Crippen LogP contribution in [0.15, 0.2) is 91.0 Å². The van der Waals surface area contributed by atoms with Gasteiger partial charge in [-0.3, -0.25) is 14.4 Å². The van der Waals surface area contributed by atoms with E-state index >= 15 is 0 Å². The summed E-state index contributed by atoms with van der Waals surface area (Å²) in [4.78, 5) is 67.5. The highest BCUT2D eigenvalue weighted by Gasteiger charge is 2.32. The van der Waals surface area contributed by atoms with Crippen LogP contribution >= 0.6 is 0 Å². The summed E-state index contributed by atoms with van der Waals surface area (Å²) in [5.74, 6) is -3.95. The molecule has 1 aliphatic heterocycles. The third-order valence-electron chi connectivity index (χ3n) is 8.14. The summed E-state index contributed by atoms with van der Waals surface area (Å²) in [6.45, 7) is 0.675. The summed E-state index contributed by atoms with van der Waals surface area (Å²) in [7, 11) is 0. The molecule has 0 radical (unpaired) electrons. The highest BCUT2D eigenvalue weighted by atomic mass is 16.5. The molecule has 3 aromatic carbocycles. The highest BCUT2D eigenvalue weighted by Crippen LogP contribution is 2.13. The Morgan fingerprint density at radius 2 is 1.32 bits per heavy atom. The predicted octanol–water partition coefficient (Wildman–Crippen LogP) is 4.32. The monoisotopic (exact) mass is 741 g/mol. The molecule has 12 heteroatoms. The minimum absolute atomic E-state index is 0.0342. The van der Waals surface area contributed by atoms with Crippen molar-refractivity contribution in [1.82, 2.24) is 26.6 Å². The van der Waals surface area contributed by atoms with Gasteiger partial charge in [0.2, 0.25) is 17.7 Å². The van der Waals surface area contributed by atoms with Gasteiger partial charge in [-0.05, 0) is 67.5 Å². The number of hydrogen-bond acceptors (Lipinski definition) is 8. The molecule has 4 atom stereocenters. The van der Waals surface area contributed by atoms with Gasteiger partial charge in [-0.1, -0.05) is 105 Å². The number of amides is 4. The molecule has 4 rings (SSSR count). The van der Waals surface area contributed by atoms with Crippen molar-refractivity contribution in [2.75, 3.05) is 13.0 Å². The molecule has 0 aromatic heterocycles. The van der Waals surface area contributed by atoms with Crippen molar-refractivity contribution >= 4 is 29.8 Å². The fourth-order valence-electron chi connectivity index (χ4n) is 5.39. The predicted molar refractivity (Wildman–Crippen MR) is 201 cm³/mol.